The van der Waals surface area contributed by atoms with E-state index in [1.807, 2.05) is 4.74 Å². The van der Waals surface area contributed by atoms with Crippen molar-refractivity contribution < 1.29 is 40.3 Å². The van der Waals surface area contributed by atoms with E-state index in [9.17, 15) is 35.5 Å². The molecule has 0 atom stereocenters. The molecular formula is C9H4ClF7N2O2. The highest BCUT2D eigenvalue weighted by molar-refractivity contribution is 6.30. The fourth-order valence-corrected chi connectivity index (χ4v) is 1.10. The molecular weight excluding hydrogens is 337 g/mol. The average Bonchev–Trinajstić information content (AvgIpc) is 2.28. The number of alkyl halides is 7. The SMILES string of the molecule is O=C(Nc1ccc(Cl)cn1)C(F)(F)C(F)(F)OC(F)(F)F. The Balaban J connectivity index is 2.90. The van der Waals surface area contributed by atoms with Crippen LogP contribution in [0.5, 0.6) is 0 Å². The third-order valence-corrected chi connectivity index (χ3v) is 2.09. The van der Waals surface area contributed by atoms with Crippen LogP contribution < -0.4 is 5.32 Å². The Bertz CT molecular complexity index is 518. The molecule has 1 rings (SSSR count). The van der Waals surface area contributed by atoms with E-state index in [4.69, 9.17) is 11.6 Å². The normalized spacial score (nSPS) is 13.1. The number of aromatic nitrogens is 1. The zero-order valence-electron chi connectivity index (χ0n) is 9.52. The minimum atomic E-state index is -6.10. The van der Waals surface area contributed by atoms with Gasteiger partial charge < -0.3 is 5.32 Å². The lowest BCUT2D eigenvalue weighted by Crippen LogP contribution is -2.53. The molecule has 0 aliphatic rings. The first-order valence-corrected chi connectivity index (χ1v) is 5.18. The lowest BCUT2D eigenvalue weighted by molar-refractivity contribution is -0.457. The molecule has 0 bridgehead atoms. The number of amides is 1. The van der Waals surface area contributed by atoms with Crippen molar-refractivity contribution in [2.45, 2.75) is 18.4 Å². The number of carbonyl (C=O) groups is 1. The van der Waals surface area contributed by atoms with Crippen molar-refractivity contribution in [3.05, 3.63) is 23.4 Å². The number of hydrogen-bond donors (Lipinski definition) is 1. The summed E-state index contributed by atoms with van der Waals surface area (Å²) in [6.45, 7) is 0. The van der Waals surface area contributed by atoms with Gasteiger partial charge in [0.25, 0.3) is 0 Å². The van der Waals surface area contributed by atoms with E-state index in [0.29, 0.717) is 0 Å². The fourth-order valence-electron chi connectivity index (χ4n) is 0.986. The summed E-state index contributed by atoms with van der Waals surface area (Å²) in [6.07, 6.45) is -11.3. The zero-order chi connectivity index (χ0) is 16.5. The Hall–Kier alpha value is -1.62. The monoisotopic (exact) mass is 340 g/mol. The molecule has 0 aromatic carbocycles. The maximum absolute atomic E-state index is 13.0. The van der Waals surface area contributed by atoms with Gasteiger partial charge in [-0.25, -0.2) is 9.72 Å². The first kappa shape index (κ1) is 17.4. The van der Waals surface area contributed by atoms with Crippen LogP contribution in [-0.4, -0.2) is 29.3 Å². The quantitative estimate of drug-likeness (QED) is 0.854. The fraction of sp³-hybridized carbons (Fsp3) is 0.333. The summed E-state index contributed by atoms with van der Waals surface area (Å²) in [5, 5.41) is 1.26. The van der Waals surface area contributed by atoms with Gasteiger partial charge in [0.15, 0.2) is 0 Å². The predicted octanol–water partition coefficient (Wildman–Crippen LogP) is 3.44. The minimum Gasteiger partial charge on any atom is -0.305 e. The largest absolute Gasteiger partial charge is 0.527 e. The van der Waals surface area contributed by atoms with E-state index in [1.54, 1.807) is 0 Å². The molecule has 21 heavy (non-hydrogen) atoms. The van der Waals surface area contributed by atoms with E-state index in [1.165, 1.54) is 5.32 Å². The van der Waals surface area contributed by atoms with Crippen molar-refractivity contribution in [2.24, 2.45) is 0 Å². The predicted molar refractivity (Wildman–Crippen MR) is 54.9 cm³/mol. The highest BCUT2D eigenvalue weighted by atomic mass is 35.5. The molecule has 0 saturated carbocycles. The summed E-state index contributed by atoms with van der Waals surface area (Å²) >= 11 is 5.39. The van der Waals surface area contributed by atoms with Gasteiger partial charge in [-0.3, -0.25) is 4.79 Å². The molecule has 0 aliphatic heterocycles. The number of pyridine rings is 1. The van der Waals surface area contributed by atoms with Crippen LogP contribution in [0.4, 0.5) is 36.6 Å². The standard InChI is InChI=1S/C9H4ClF7N2O2/c10-4-1-2-5(18-3-4)19-6(20)7(11,12)8(13,14)21-9(15,16)17/h1-3H,(H,18,19,20). The molecule has 12 heteroatoms. The average molecular weight is 341 g/mol. The van der Waals surface area contributed by atoms with Crippen molar-refractivity contribution in [2.75, 3.05) is 5.32 Å². The van der Waals surface area contributed by atoms with Gasteiger partial charge in [-0.05, 0) is 12.1 Å². The van der Waals surface area contributed by atoms with Crippen molar-refractivity contribution in [3.63, 3.8) is 0 Å². The van der Waals surface area contributed by atoms with Gasteiger partial charge in [0, 0.05) is 6.20 Å². The van der Waals surface area contributed by atoms with E-state index in [0.717, 1.165) is 18.3 Å². The number of rotatable bonds is 4. The number of carbonyl (C=O) groups excluding carboxylic acids is 1. The molecule has 1 aromatic rings. The van der Waals surface area contributed by atoms with Gasteiger partial charge in [-0.2, -0.15) is 17.6 Å². The van der Waals surface area contributed by atoms with E-state index in [-0.39, 0.29) is 5.02 Å². The van der Waals surface area contributed by atoms with Crippen LogP contribution in [0, 0.1) is 0 Å². The lowest BCUT2D eigenvalue weighted by Gasteiger charge is -2.25. The minimum absolute atomic E-state index is 0.0468. The second-order valence-electron chi connectivity index (χ2n) is 3.45. The van der Waals surface area contributed by atoms with E-state index in [2.05, 4.69) is 4.98 Å². The van der Waals surface area contributed by atoms with Gasteiger partial charge in [-0.15, -0.1) is 13.2 Å². The van der Waals surface area contributed by atoms with Crippen molar-refractivity contribution in [1.82, 2.24) is 4.98 Å². The van der Waals surface area contributed by atoms with Gasteiger partial charge >= 0.3 is 24.3 Å². The Kier molecular flexibility index (Phi) is 4.68. The summed E-state index contributed by atoms with van der Waals surface area (Å²) < 4.78 is 88.4. The molecule has 118 valence electrons. The molecule has 0 unspecified atom stereocenters. The summed E-state index contributed by atoms with van der Waals surface area (Å²) in [5.74, 6) is -9.14. The van der Waals surface area contributed by atoms with Gasteiger partial charge in [0.05, 0.1) is 5.02 Å². The molecule has 1 amide bonds. The van der Waals surface area contributed by atoms with Crippen molar-refractivity contribution in [1.29, 1.82) is 0 Å². The molecule has 0 radical (unpaired) electrons. The second-order valence-corrected chi connectivity index (χ2v) is 3.89. The highest BCUT2D eigenvalue weighted by Crippen LogP contribution is 2.40. The lowest BCUT2D eigenvalue weighted by atomic mass is 10.3. The Morgan fingerprint density at radius 1 is 1.14 bits per heavy atom. The highest BCUT2D eigenvalue weighted by Gasteiger charge is 2.67. The Morgan fingerprint density at radius 2 is 1.71 bits per heavy atom. The summed E-state index contributed by atoms with van der Waals surface area (Å²) in [6, 6.07) is 1.95. The smallest absolute Gasteiger partial charge is 0.305 e. The van der Waals surface area contributed by atoms with Crippen LogP contribution in [0.3, 0.4) is 0 Å². The summed E-state index contributed by atoms with van der Waals surface area (Å²) in [5.41, 5.74) is 0. The third-order valence-electron chi connectivity index (χ3n) is 1.86. The van der Waals surface area contributed by atoms with Crippen LogP contribution in [0.2, 0.25) is 5.02 Å². The Morgan fingerprint density at radius 3 is 2.14 bits per heavy atom. The van der Waals surface area contributed by atoms with Crippen LogP contribution in [0.15, 0.2) is 18.3 Å². The van der Waals surface area contributed by atoms with Crippen LogP contribution >= 0.6 is 11.6 Å². The maximum atomic E-state index is 13.0. The molecule has 1 aromatic heterocycles. The molecule has 1 heterocycles. The first-order valence-electron chi connectivity index (χ1n) is 4.81. The topological polar surface area (TPSA) is 51.2 Å². The van der Waals surface area contributed by atoms with Gasteiger partial charge in [0.2, 0.25) is 0 Å². The Labute approximate surface area is 116 Å². The van der Waals surface area contributed by atoms with Crippen LogP contribution in [-0.2, 0) is 9.53 Å². The number of anilines is 1. The molecule has 0 spiro atoms. The third kappa shape index (κ3) is 4.43. The van der Waals surface area contributed by atoms with Crippen molar-refractivity contribution >= 4 is 23.3 Å². The van der Waals surface area contributed by atoms with Crippen LogP contribution in [0.1, 0.15) is 0 Å². The molecule has 0 fully saturated rings. The first-order chi connectivity index (χ1) is 9.35. The number of ether oxygens (including phenoxy) is 1. The van der Waals surface area contributed by atoms with Gasteiger partial charge in [-0.1, -0.05) is 11.6 Å². The van der Waals surface area contributed by atoms with E-state index >= 15 is 0 Å². The molecule has 0 saturated heterocycles. The summed E-state index contributed by atoms with van der Waals surface area (Å²) in [4.78, 5) is 14.3. The number of hydrogen-bond acceptors (Lipinski definition) is 3. The zero-order valence-corrected chi connectivity index (χ0v) is 10.3. The van der Waals surface area contributed by atoms with Crippen LogP contribution in [0.25, 0.3) is 0 Å². The molecule has 0 aliphatic carbocycles. The van der Waals surface area contributed by atoms with E-state index < -0.39 is 30.1 Å². The molecule has 1 N–H and O–H groups in total. The number of nitrogens with one attached hydrogen (secondary N) is 1. The number of nitrogens with zero attached hydrogens (tertiary/aromatic N) is 1. The molecule has 4 nitrogen and oxygen atoms in total. The summed E-state index contributed by atoms with van der Waals surface area (Å²) in [7, 11) is 0. The van der Waals surface area contributed by atoms with Gasteiger partial charge in [0.1, 0.15) is 5.82 Å². The van der Waals surface area contributed by atoms with Crippen molar-refractivity contribution in [3.8, 4) is 0 Å². The number of halogens is 8. The maximum Gasteiger partial charge on any atom is 0.527 e. The second kappa shape index (κ2) is 5.64.